The van der Waals surface area contributed by atoms with Gasteiger partial charge in [0.05, 0.1) is 6.26 Å². The maximum atomic E-state index is 5.72. The van der Waals surface area contributed by atoms with Gasteiger partial charge in [-0.3, -0.25) is 0 Å². The van der Waals surface area contributed by atoms with Gasteiger partial charge in [-0.2, -0.15) is 0 Å². The first-order chi connectivity index (χ1) is 10.9. The molecule has 22 heavy (non-hydrogen) atoms. The van der Waals surface area contributed by atoms with Gasteiger partial charge in [-0.15, -0.1) is 0 Å². The number of furan rings is 1. The highest BCUT2D eigenvalue weighted by Crippen LogP contribution is 2.34. The third-order valence-electron chi connectivity index (χ3n) is 5.49. The molecule has 1 atom stereocenters. The third kappa shape index (κ3) is 2.92. The molecule has 1 aromatic carbocycles. The quantitative estimate of drug-likeness (QED) is 0.931. The van der Waals surface area contributed by atoms with Crippen LogP contribution in [0.4, 0.5) is 0 Å². The Morgan fingerprint density at radius 3 is 2.82 bits per heavy atom. The van der Waals surface area contributed by atoms with Crippen molar-refractivity contribution in [3.63, 3.8) is 0 Å². The highest BCUT2D eigenvalue weighted by Gasteiger charge is 2.24. The Morgan fingerprint density at radius 2 is 2.00 bits per heavy atom. The fourth-order valence-electron chi connectivity index (χ4n) is 4.12. The number of hydrogen-bond donors (Lipinski definition) is 1. The summed E-state index contributed by atoms with van der Waals surface area (Å²) >= 11 is 0. The van der Waals surface area contributed by atoms with Gasteiger partial charge in [0.2, 0.25) is 0 Å². The van der Waals surface area contributed by atoms with Gasteiger partial charge in [-0.1, -0.05) is 18.2 Å². The lowest BCUT2D eigenvalue weighted by molar-refractivity contribution is 0.204. The second-order valence-electron chi connectivity index (χ2n) is 6.89. The van der Waals surface area contributed by atoms with Crippen molar-refractivity contribution < 1.29 is 4.42 Å². The number of benzene rings is 1. The van der Waals surface area contributed by atoms with Gasteiger partial charge in [0.15, 0.2) is 0 Å². The minimum Gasteiger partial charge on any atom is -0.464 e. The van der Waals surface area contributed by atoms with Crippen LogP contribution in [-0.4, -0.2) is 37.1 Å². The maximum absolute atomic E-state index is 5.72. The smallest absolute Gasteiger partial charge is 0.134 e. The van der Waals surface area contributed by atoms with Gasteiger partial charge < -0.3 is 14.6 Å². The van der Waals surface area contributed by atoms with E-state index in [0.717, 1.165) is 11.6 Å². The predicted octanol–water partition coefficient (Wildman–Crippen LogP) is 3.75. The molecular weight excluding hydrogens is 272 g/mol. The van der Waals surface area contributed by atoms with Crippen molar-refractivity contribution >= 4 is 11.0 Å². The first-order valence-corrected chi connectivity index (χ1v) is 8.82. The molecule has 2 fully saturated rings. The molecule has 0 radical (unpaired) electrons. The van der Waals surface area contributed by atoms with E-state index in [1.54, 1.807) is 0 Å². The summed E-state index contributed by atoms with van der Waals surface area (Å²) in [6, 6.07) is 9.21. The number of fused-ring (bicyclic) bond motifs is 1. The Labute approximate surface area is 132 Å². The van der Waals surface area contributed by atoms with Gasteiger partial charge >= 0.3 is 0 Å². The Kier molecular flexibility index (Phi) is 4.17. The number of piperidine rings is 1. The normalized spacial score (nSPS) is 24.3. The monoisotopic (exact) mass is 298 g/mol. The molecule has 2 aromatic rings. The van der Waals surface area contributed by atoms with E-state index in [2.05, 4.69) is 34.5 Å². The molecule has 2 saturated heterocycles. The van der Waals surface area contributed by atoms with E-state index in [4.69, 9.17) is 4.42 Å². The highest BCUT2D eigenvalue weighted by atomic mass is 16.3. The van der Waals surface area contributed by atoms with Crippen molar-refractivity contribution in [3.05, 3.63) is 36.1 Å². The Morgan fingerprint density at radius 1 is 1.14 bits per heavy atom. The Hall–Kier alpha value is -1.32. The lowest BCUT2D eigenvalue weighted by Gasteiger charge is -2.32. The molecule has 0 amide bonds. The molecule has 118 valence electrons. The SMILES string of the molecule is c1ccc2c(C3CCN(CCC4CCCN4)CC3)coc2c1. The number of nitrogens with zero attached hydrogens (tertiary/aromatic N) is 1. The summed E-state index contributed by atoms with van der Waals surface area (Å²) < 4.78 is 5.72. The second-order valence-corrected chi connectivity index (χ2v) is 6.89. The van der Waals surface area contributed by atoms with Crippen molar-refractivity contribution in [1.82, 2.24) is 10.2 Å². The van der Waals surface area contributed by atoms with E-state index in [-0.39, 0.29) is 0 Å². The Balaban J connectivity index is 1.33. The van der Waals surface area contributed by atoms with E-state index in [0.29, 0.717) is 5.92 Å². The molecule has 0 bridgehead atoms. The van der Waals surface area contributed by atoms with Gasteiger partial charge in [0, 0.05) is 17.0 Å². The fraction of sp³-hybridized carbons (Fsp3) is 0.579. The van der Waals surface area contributed by atoms with Crippen LogP contribution in [0.25, 0.3) is 11.0 Å². The molecule has 3 nitrogen and oxygen atoms in total. The largest absolute Gasteiger partial charge is 0.464 e. The lowest BCUT2D eigenvalue weighted by Crippen LogP contribution is -2.36. The maximum Gasteiger partial charge on any atom is 0.134 e. The van der Waals surface area contributed by atoms with Crippen LogP contribution in [-0.2, 0) is 0 Å². The average molecular weight is 298 g/mol. The topological polar surface area (TPSA) is 28.4 Å². The van der Waals surface area contributed by atoms with E-state index in [1.165, 1.54) is 69.2 Å². The average Bonchev–Trinajstić information content (AvgIpc) is 3.23. The molecule has 4 rings (SSSR count). The summed E-state index contributed by atoms with van der Waals surface area (Å²) in [5.74, 6) is 0.671. The van der Waals surface area contributed by atoms with Gasteiger partial charge in [0.1, 0.15) is 5.58 Å². The second kappa shape index (κ2) is 6.43. The molecule has 1 N–H and O–H groups in total. The molecular formula is C19H26N2O. The zero-order chi connectivity index (χ0) is 14.8. The van der Waals surface area contributed by atoms with E-state index >= 15 is 0 Å². The van der Waals surface area contributed by atoms with Crippen LogP contribution in [0.5, 0.6) is 0 Å². The summed E-state index contributed by atoms with van der Waals surface area (Å²) in [5.41, 5.74) is 2.46. The molecule has 1 aromatic heterocycles. The molecule has 2 aliphatic rings. The summed E-state index contributed by atoms with van der Waals surface area (Å²) in [7, 11) is 0. The lowest BCUT2D eigenvalue weighted by atomic mass is 9.89. The zero-order valence-electron chi connectivity index (χ0n) is 13.3. The van der Waals surface area contributed by atoms with E-state index in [1.807, 2.05) is 6.26 Å². The first-order valence-electron chi connectivity index (χ1n) is 8.82. The molecule has 3 heterocycles. The predicted molar refractivity (Wildman–Crippen MR) is 90.3 cm³/mol. The van der Waals surface area contributed by atoms with Crippen LogP contribution >= 0.6 is 0 Å². The van der Waals surface area contributed by atoms with E-state index < -0.39 is 0 Å². The molecule has 0 spiro atoms. The molecule has 1 unspecified atom stereocenters. The molecule has 2 aliphatic heterocycles. The van der Waals surface area contributed by atoms with Gasteiger partial charge in [0.25, 0.3) is 0 Å². The molecule has 0 aliphatic carbocycles. The third-order valence-corrected chi connectivity index (χ3v) is 5.49. The van der Waals surface area contributed by atoms with Crippen LogP contribution < -0.4 is 5.32 Å². The molecule has 3 heteroatoms. The van der Waals surface area contributed by atoms with Crippen LogP contribution in [0, 0.1) is 0 Å². The minimum atomic E-state index is 0.671. The number of para-hydroxylation sites is 1. The fourth-order valence-corrected chi connectivity index (χ4v) is 4.12. The summed E-state index contributed by atoms with van der Waals surface area (Å²) in [5, 5.41) is 4.92. The van der Waals surface area contributed by atoms with Crippen molar-refractivity contribution in [1.29, 1.82) is 0 Å². The van der Waals surface area contributed by atoms with Crippen molar-refractivity contribution in [2.24, 2.45) is 0 Å². The van der Waals surface area contributed by atoms with Crippen LogP contribution in [0.15, 0.2) is 34.9 Å². The van der Waals surface area contributed by atoms with Crippen LogP contribution in [0.1, 0.15) is 43.6 Å². The Bertz CT molecular complexity index is 607. The van der Waals surface area contributed by atoms with Crippen LogP contribution in [0.2, 0.25) is 0 Å². The van der Waals surface area contributed by atoms with Gasteiger partial charge in [-0.25, -0.2) is 0 Å². The molecule has 0 saturated carbocycles. The summed E-state index contributed by atoms with van der Waals surface area (Å²) in [6.45, 7) is 4.95. The van der Waals surface area contributed by atoms with Crippen molar-refractivity contribution in [2.75, 3.05) is 26.2 Å². The number of rotatable bonds is 4. The number of hydrogen-bond acceptors (Lipinski definition) is 3. The summed E-state index contributed by atoms with van der Waals surface area (Å²) in [6.07, 6.45) is 8.58. The number of nitrogens with one attached hydrogen (secondary N) is 1. The minimum absolute atomic E-state index is 0.671. The summed E-state index contributed by atoms with van der Waals surface area (Å²) in [4.78, 5) is 2.65. The first kappa shape index (κ1) is 14.3. The van der Waals surface area contributed by atoms with Gasteiger partial charge in [-0.05, 0) is 70.3 Å². The highest BCUT2D eigenvalue weighted by molar-refractivity contribution is 5.81. The van der Waals surface area contributed by atoms with E-state index in [9.17, 15) is 0 Å². The standard InChI is InChI=1S/C19H26N2O/c1-2-6-19-17(5-1)18(14-22-19)15-7-11-21(12-8-15)13-9-16-4-3-10-20-16/h1-2,5-6,14-16,20H,3-4,7-13H2. The van der Waals surface area contributed by atoms with Crippen molar-refractivity contribution in [2.45, 2.75) is 44.1 Å². The van der Waals surface area contributed by atoms with Crippen molar-refractivity contribution in [3.8, 4) is 0 Å². The zero-order valence-corrected chi connectivity index (χ0v) is 13.3. The van der Waals surface area contributed by atoms with Crippen LogP contribution in [0.3, 0.4) is 0 Å². The number of likely N-dealkylation sites (tertiary alicyclic amines) is 1.